The molecule has 1 amide bonds. The molecule has 1 aliphatic carbocycles. The van der Waals surface area contributed by atoms with Crippen molar-refractivity contribution in [3.8, 4) is 11.3 Å². The van der Waals surface area contributed by atoms with Crippen molar-refractivity contribution in [2.24, 2.45) is 5.92 Å². The lowest BCUT2D eigenvalue weighted by atomic mass is 9.77. The minimum Gasteiger partial charge on any atom is -0.390 e. The summed E-state index contributed by atoms with van der Waals surface area (Å²) >= 11 is 0. The van der Waals surface area contributed by atoms with Gasteiger partial charge in [0, 0.05) is 28.8 Å². The van der Waals surface area contributed by atoms with E-state index in [4.69, 9.17) is 0 Å². The molecule has 1 saturated carbocycles. The van der Waals surface area contributed by atoms with Gasteiger partial charge in [0.05, 0.1) is 23.0 Å². The number of hydrogen-bond acceptors (Lipinski definition) is 4. The summed E-state index contributed by atoms with van der Waals surface area (Å²) in [5.41, 5.74) is 2.75. The number of rotatable bonds is 4. The van der Waals surface area contributed by atoms with Crippen molar-refractivity contribution in [2.45, 2.75) is 51.2 Å². The first kappa shape index (κ1) is 18.6. The van der Waals surface area contributed by atoms with Crippen molar-refractivity contribution in [3.63, 3.8) is 0 Å². The number of fused-ring (bicyclic) bond motifs is 1. The van der Waals surface area contributed by atoms with Crippen LogP contribution in [0.5, 0.6) is 0 Å². The molecule has 0 saturated heterocycles. The second-order valence-electron chi connectivity index (χ2n) is 8.24. The van der Waals surface area contributed by atoms with Crippen LogP contribution < -0.4 is 5.32 Å². The third-order valence-corrected chi connectivity index (χ3v) is 5.85. The molecule has 6 nitrogen and oxygen atoms in total. The van der Waals surface area contributed by atoms with Crippen molar-refractivity contribution in [3.05, 3.63) is 48.3 Å². The first-order chi connectivity index (χ1) is 13.4. The molecular weight excluding hydrogens is 352 g/mol. The lowest BCUT2D eigenvalue weighted by Crippen LogP contribution is -2.41. The maximum Gasteiger partial charge on any atom is 0.251 e. The van der Waals surface area contributed by atoms with E-state index >= 15 is 0 Å². The highest BCUT2D eigenvalue weighted by Gasteiger charge is 2.31. The molecule has 0 aliphatic heterocycles. The van der Waals surface area contributed by atoms with Crippen LogP contribution in [0.1, 0.15) is 49.9 Å². The first-order valence-corrected chi connectivity index (χ1v) is 9.83. The zero-order valence-corrected chi connectivity index (χ0v) is 16.3. The summed E-state index contributed by atoms with van der Waals surface area (Å²) in [6, 6.07) is 9.60. The van der Waals surface area contributed by atoms with Gasteiger partial charge in [-0.2, -0.15) is 5.10 Å². The number of hydrogen-bond donors (Lipinski definition) is 3. The fourth-order valence-corrected chi connectivity index (χ4v) is 4.09. The molecule has 0 atom stereocenters. The highest BCUT2D eigenvalue weighted by Crippen LogP contribution is 2.32. The SMILES string of the molecule is CC(C)(O)C1CCC(NC(=O)c2ccc(-c3nccc4[nH]ncc34)cc2)CC1. The Kier molecular flexibility index (Phi) is 4.89. The molecule has 2 heterocycles. The molecule has 0 bridgehead atoms. The van der Waals surface area contributed by atoms with Crippen molar-refractivity contribution in [1.82, 2.24) is 20.5 Å². The van der Waals surface area contributed by atoms with Crippen LogP contribution >= 0.6 is 0 Å². The van der Waals surface area contributed by atoms with Crippen molar-refractivity contribution in [1.29, 1.82) is 0 Å². The molecule has 3 N–H and O–H groups in total. The molecular formula is C22H26N4O2. The van der Waals surface area contributed by atoms with E-state index in [1.165, 1.54) is 0 Å². The van der Waals surface area contributed by atoms with E-state index < -0.39 is 5.60 Å². The van der Waals surface area contributed by atoms with Crippen LogP contribution in [-0.2, 0) is 0 Å². The Morgan fingerprint density at radius 2 is 1.86 bits per heavy atom. The Morgan fingerprint density at radius 3 is 2.54 bits per heavy atom. The average Bonchev–Trinajstić information content (AvgIpc) is 3.17. The molecule has 1 fully saturated rings. The number of H-pyrrole nitrogens is 1. The predicted molar refractivity (Wildman–Crippen MR) is 109 cm³/mol. The summed E-state index contributed by atoms with van der Waals surface area (Å²) in [6.45, 7) is 3.74. The molecule has 0 radical (unpaired) electrons. The van der Waals surface area contributed by atoms with Gasteiger partial charge in [-0.05, 0) is 63.6 Å². The Balaban J connectivity index is 1.42. The largest absolute Gasteiger partial charge is 0.390 e. The fraction of sp³-hybridized carbons (Fsp3) is 0.409. The van der Waals surface area contributed by atoms with Gasteiger partial charge in [0.25, 0.3) is 5.91 Å². The number of nitrogens with one attached hydrogen (secondary N) is 2. The van der Waals surface area contributed by atoms with E-state index in [9.17, 15) is 9.90 Å². The Morgan fingerprint density at radius 1 is 1.14 bits per heavy atom. The Bertz CT molecular complexity index is 964. The molecule has 1 aliphatic rings. The van der Waals surface area contributed by atoms with E-state index in [0.29, 0.717) is 11.5 Å². The topological polar surface area (TPSA) is 90.9 Å². The molecule has 0 unspecified atom stereocenters. The van der Waals surface area contributed by atoms with E-state index in [0.717, 1.165) is 47.8 Å². The summed E-state index contributed by atoms with van der Waals surface area (Å²) in [6.07, 6.45) is 7.21. The van der Waals surface area contributed by atoms with Crippen molar-refractivity contribution < 1.29 is 9.90 Å². The number of aromatic nitrogens is 3. The summed E-state index contributed by atoms with van der Waals surface area (Å²) in [4.78, 5) is 17.1. The standard InChI is InChI=1S/C22H26N4O2/c1-22(2,28)16-7-9-17(10-8-16)25-21(27)15-5-3-14(4-6-15)20-18-13-24-26-19(18)11-12-23-20/h3-6,11-13,16-17,28H,7-10H2,1-2H3,(H,24,26)(H,25,27). The van der Waals surface area contributed by atoms with Gasteiger partial charge in [0.1, 0.15) is 0 Å². The van der Waals surface area contributed by atoms with Crippen LogP contribution in [0, 0.1) is 5.92 Å². The third kappa shape index (κ3) is 3.78. The molecule has 146 valence electrons. The molecule has 0 spiro atoms. The minimum absolute atomic E-state index is 0.0484. The summed E-state index contributed by atoms with van der Waals surface area (Å²) in [5.74, 6) is 0.255. The number of carbonyl (C=O) groups is 1. The monoisotopic (exact) mass is 378 g/mol. The number of benzene rings is 1. The fourth-order valence-electron chi connectivity index (χ4n) is 4.09. The molecule has 3 aromatic rings. The normalized spacial score (nSPS) is 20.2. The zero-order valence-electron chi connectivity index (χ0n) is 16.3. The van der Waals surface area contributed by atoms with Crippen LogP contribution in [-0.4, -0.2) is 37.8 Å². The molecule has 4 rings (SSSR count). The van der Waals surface area contributed by atoms with Crippen LogP contribution in [0.4, 0.5) is 0 Å². The van der Waals surface area contributed by atoms with Crippen LogP contribution in [0.2, 0.25) is 0 Å². The number of aliphatic hydroxyl groups is 1. The van der Waals surface area contributed by atoms with Gasteiger partial charge in [-0.1, -0.05) is 12.1 Å². The molecule has 1 aromatic carbocycles. The number of amides is 1. The summed E-state index contributed by atoms with van der Waals surface area (Å²) in [7, 11) is 0. The van der Waals surface area contributed by atoms with Gasteiger partial charge in [-0.3, -0.25) is 14.9 Å². The van der Waals surface area contributed by atoms with Crippen LogP contribution in [0.15, 0.2) is 42.7 Å². The van der Waals surface area contributed by atoms with Gasteiger partial charge in [-0.25, -0.2) is 0 Å². The number of nitrogens with zero attached hydrogens (tertiary/aromatic N) is 2. The molecule has 6 heteroatoms. The molecule has 2 aromatic heterocycles. The van der Waals surface area contributed by atoms with E-state index in [2.05, 4.69) is 20.5 Å². The second-order valence-corrected chi connectivity index (χ2v) is 8.24. The smallest absolute Gasteiger partial charge is 0.251 e. The maximum atomic E-state index is 12.6. The maximum absolute atomic E-state index is 12.6. The van der Waals surface area contributed by atoms with Crippen LogP contribution in [0.25, 0.3) is 22.2 Å². The van der Waals surface area contributed by atoms with Gasteiger partial charge in [0.15, 0.2) is 0 Å². The highest BCUT2D eigenvalue weighted by atomic mass is 16.3. The number of pyridine rings is 1. The van der Waals surface area contributed by atoms with Gasteiger partial charge in [0.2, 0.25) is 0 Å². The number of carbonyl (C=O) groups excluding carboxylic acids is 1. The third-order valence-electron chi connectivity index (χ3n) is 5.85. The van der Waals surface area contributed by atoms with E-state index in [-0.39, 0.29) is 11.9 Å². The van der Waals surface area contributed by atoms with Crippen LogP contribution in [0.3, 0.4) is 0 Å². The molecule has 28 heavy (non-hydrogen) atoms. The van der Waals surface area contributed by atoms with Gasteiger partial charge in [-0.15, -0.1) is 0 Å². The van der Waals surface area contributed by atoms with Crippen molar-refractivity contribution in [2.75, 3.05) is 0 Å². The van der Waals surface area contributed by atoms with E-state index in [1.54, 1.807) is 12.4 Å². The van der Waals surface area contributed by atoms with Gasteiger partial charge >= 0.3 is 0 Å². The lowest BCUT2D eigenvalue weighted by Gasteiger charge is -2.36. The minimum atomic E-state index is -0.642. The predicted octanol–water partition coefficient (Wildman–Crippen LogP) is 3.68. The van der Waals surface area contributed by atoms with Gasteiger partial charge < -0.3 is 10.4 Å². The Hall–Kier alpha value is -2.73. The number of aromatic amines is 1. The highest BCUT2D eigenvalue weighted by molar-refractivity contribution is 5.96. The lowest BCUT2D eigenvalue weighted by molar-refractivity contribution is -0.00257. The average molecular weight is 378 g/mol. The summed E-state index contributed by atoms with van der Waals surface area (Å²) < 4.78 is 0. The van der Waals surface area contributed by atoms with E-state index in [1.807, 2.05) is 44.2 Å². The second kappa shape index (κ2) is 7.36. The quantitative estimate of drug-likeness (QED) is 0.646. The zero-order chi connectivity index (χ0) is 19.7. The summed E-state index contributed by atoms with van der Waals surface area (Å²) in [5, 5.41) is 21.3. The first-order valence-electron chi connectivity index (χ1n) is 9.83. The Labute approximate surface area is 164 Å². The van der Waals surface area contributed by atoms with Crippen molar-refractivity contribution >= 4 is 16.8 Å².